The molecule has 0 bridgehead atoms. The van der Waals surface area contributed by atoms with Crippen molar-refractivity contribution < 1.29 is 19.1 Å². The Labute approximate surface area is 219 Å². The van der Waals surface area contributed by atoms with E-state index in [1.54, 1.807) is 12.1 Å². The Kier molecular flexibility index (Phi) is 7.37. The van der Waals surface area contributed by atoms with Crippen LogP contribution >= 0.6 is 0 Å². The summed E-state index contributed by atoms with van der Waals surface area (Å²) in [5.41, 5.74) is 15.1. The van der Waals surface area contributed by atoms with Gasteiger partial charge >= 0.3 is 5.82 Å². The van der Waals surface area contributed by atoms with Crippen LogP contribution < -0.4 is 30.6 Å². The molecule has 4 aromatic rings. The third-order valence-corrected chi connectivity index (χ3v) is 6.48. The van der Waals surface area contributed by atoms with Crippen LogP contribution in [0.25, 0.3) is 10.9 Å². The number of fused-ring (bicyclic) bond motifs is 1. The quantitative estimate of drug-likeness (QED) is 0.229. The van der Waals surface area contributed by atoms with E-state index in [4.69, 9.17) is 25.7 Å². The van der Waals surface area contributed by atoms with Gasteiger partial charge in [-0.3, -0.25) is 0 Å². The number of hydrogen-bond acceptors (Lipinski definition) is 11. The summed E-state index contributed by atoms with van der Waals surface area (Å²) in [4.78, 5) is 25.8. The first-order valence-electron chi connectivity index (χ1n) is 11.8. The van der Waals surface area contributed by atoms with Gasteiger partial charge in [-0.05, 0) is 29.0 Å². The third-order valence-electron chi connectivity index (χ3n) is 6.48. The maximum absolute atomic E-state index is 11.8. The number of methoxy groups -OCH3 is 3. The van der Waals surface area contributed by atoms with Crippen LogP contribution in [0, 0.1) is 17.0 Å². The molecular weight excluding hydrogens is 492 g/mol. The molecule has 0 spiro atoms. The van der Waals surface area contributed by atoms with Gasteiger partial charge in [0.2, 0.25) is 11.7 Å². The highest BCUT2D eigenvalue weighted by molar-refractivity contribution is 5.92. The van der Waals surface area contributed by atoms with Gasteiger partial charge in [0, 0.05) is 36.2 Å². The normalized spacial score (nSPS) is 11.8. The molecule has 2 heterocycles. The zero-order chi connectivity index (χ0) is 27.6. The smallest absolute Gasteiger partial charge is 0.344 e. The fourth-order valence-corrected chi connectivity index (χ4v) is 4.68. The van der Waals surface area contributed by atoms with Gasteiger partial charge in [0.15, 0.2) is 24.0 Å². The fraction of sp³-hybridized carbons (Fsp3) is 0.320. The number of rotatable bonds is 10. The Morgan fingerprint density at radius 2 is 1.79 bits per heavy atom. The fourth-order valence-electron chi connectivity index (χ4n) is 4.68. The van der Waals surface area contributed by atoms with E-state index in [1.165, 1.54) is 38.4 Å². The molecule has 0 fully saturated rings. The van der Waals surface area contributed by atoms with Gasteiger partial charge in [0.05, 0.1) is 26.8 Å². The number of nitro groups is 1. The van der Waals surface area contributed by atoms with Crippen LogP contribution in [0.3, 0.4) is 0 Å². The van der Waals surface area contributed by atoms with Crippen molar-refractivity contribution in [2.45, 2.75) is 33.0 Å². The molecular formula is C25H30N8O5. The van der Waals surface area contributed by atoms with Crippen molar-refractivity contribution in [3.63, 3.8) is 0 Å². The topological polar surface area (TPSA) is 170 Å². The summed E-state index contributed by atoms with van der Waals surface area (Å²) in [6, 6.07) is 7.38. The van der Waals surface area contributed by atoms with Gasteiger partial charge in [0.1, 0.15) is 12.0 Å². The number of hydrogen-bond donors (Lipinski definition) is 2. The molecule has 0 aliphatic rings. The lowest BCUT2D eigenvalue weighted by molar-refractivity contribution is -0.392. The summed E-state index contributed by atoms with van der Waals surface area (Å²) in [6.45, 7) is 4.22. The first kappa shape index (κ1) is 26.3. The summed E-state index contributed by atoms with van der Waals surface area (Å²) in [5, 5.41) is 12.5. The second kappa shape index (κ2) is 10.7. The SMILES string of the molecule is CCC(N(Cc1ccc2nc(N)nc(N)c2c1C)c1cc(OC)c(OC)c(OC)c1)n1cncc1[N+](=O)[O-]. The number of nitrogen functional groups attached to an aromatic ring is 2. The number of aromatic nitrogens is 4. The molecule has 4 rings (SSSR count). The molecule has 0 aliphatic heterocycles. The van der Waals surface area contributed by atoms with Gasteiger partial charge in [-0.1, -0.05) is 13.0 Å². The molecule has 2 aromatic heterocycles. The second-order valence-corrected chi connectivity index (χ2v) is 8.53. The van der Waals surface area contributed by atoms with E-state index in [2.05, 4.69) is 15.0 Å². The minimum Gasteiger partial charge on any atom is -0.493 e. The van der Waals surface area contributed by atoms with Gasteiger partial charge in [-0.25, -0.2) is 9.97 Å². The number of nitrogens with two attached hydrogens (primary N) is 2. The Morgan fingerprint density at radius 1 is 1.11 bits per heavy atom. The largest absolute Gasteiger partial charge is 0.493 e. The van der Waals surface area contributed by atoms with Crippen LogP contribution in [0.2, 0.25) is 0 Å². The van der Waals surface area contributed by atoms with Crippen LogP contribution in [0.4, 0.5) is 23.3 Å². The van der Waals surface area contributed by atoms with Crippen molar-refractivity contribution in [3.05, 3.63) is 58.0 Å². The number of aryl methyl sites for hydroxylation is 1. The molecule has 2 aromatic carbocycles. The number of ether oxygens (including phenoxy) is 3. The maximum Gasteiger partial charge on any atom is 0.344 e. The van der Waals surface area contributed by atoms with Crippen molar-refractivity contribution in [3.8, 4) is 17.2 Å². The van der Waals surface area contributed by atoms with E-state index in [0.717, 1.165) is 11.1 Å². The highest BCUT2D eigenvalue weighted by atomic mass is 16.6. The lowest BCUT2D eigenvalue weighted by Gasteiger charge is -2.32. The molecule has 38 heavy (non-hydrogen) atoms. The average Bonchev–Trinajstić information content (AvgIpc) is 3.38. The van der Waals surface area contributed by atoms with Crippen molar-refractivity contribution in [1.29, 1.82) is 0 Å². The van der Waals surface area contributed by atoms with Crippen LogP contribution in [0.1, 0.15) is 30.6 Å². The zero-order valence-electron chi connectivity index (χ0n) is 21.8. The second-order valence-electron chi connectivity index (χ2n) is 8.53. The lowest BCUT2D eigenvalue weighted by atomic mass is 10.0. The monoisotopic (exact) mass is 522 g/mol. The molecule has 13 heteroatoms. The first-order chi connectivity index (χ1) is 18.2. The first-order valence-corrected chi connectivity index (χ1v) is 11.8. The van der Waals surface area contributed by atoms with Gasteiger partial charge in [-0.2, -0.15) is 9.55 Å². The number of imidazole rings is 1. The predicted octanol–water partition coefficient (Wildman–Crippen LogP) is 3.85. The molecule has 1 unspecified atom stereocenters. The number of nitrogens with zero attached hydrogens (tertiary/aromatic N) is 6. The van der Waals surface area contributed by atoms with Crippen LogP contribution in [-0.2, 0) is 6.54 Å². The standard InChI is InChI=1S/C25H30N8O5/c1-6-20(32-13-28-11-21(32)33(34)35)31(16-9-18(36-3)23(38-5)19(10-16)37-4)12-15-7-8-17-22(14(15)2)24(26)30-25(27)29-17/h7-11,13,20H,6,12H2,1-5H3,(H4,26,27,29,30). The van der Waals surface area contributed by atoms with Crippen molar-refractivity contribution in [1.82, 2.24) is 19.5 Å². The van der Waals surface area contributed by atoms with E-state index >= 15 is 0 Å². The van der Waals surface area contributed by atoms with Crippen LogP contribution in [-0.4, -0.2) is 45.8 Å². The number of benzene rings is 2. The van der Waals surface area contributed by atoms with Crippen LogP contribution in [0.5, 0.6) is 17.2 Å². The molecule has 0 amide bonds. The summed E-state index contributed by atoms with van der Waals surface area (Å²) in [7, 11) is 4.59. The highest BCUT2D eigenvalue weighted by Gasteiger charge is 2.30. The zero-order valence-corrected chi connectivity index (χ0v) is 21.8. The summed E-state index contributed by atoms with van der Waals surface area (Å²) in [6.07, 6.45) is 2.72. The van der Waals surface area contributed by atoms with Crippen molar-refractivity contribution in [2.24, 2.45) is 0 Å². The van der Waals surface area contributed by atoms with Crippen LogP contribution in [0.15, 0.2) is 36.8 Å². The van der Waals surface area contributed by atoms with Gasteiger partial charge in [-0.15, -0.1) is 0 Å². The summed E-state index contributed by atoms with van der Waals surface area (Å²) >= 11 is 0. The molecule has 0 aliphatic carbocycles. The average molecular weight is 523 g/mol. The van der Waals surface area contributed by atoms with E-state index < -0.39 is 11.1 Å². The summed E-state index contributed by atoms with van der Waals surface area (Å²) < 4.78 is 18.2. The van der Waals surface area contributed by atoms with E-state index in [0.29, 0.717) is 46.8 Å². The Hall–Kier alpha value is -4.81. The van der Waals surface area contributed by atoms with E-state index in [1.807, 2.05) is 30.9 Å². The molecule has 200 valence electrons. The van der Waals surface area contributed by atoms with Gasteiger partial charge in [0.25, 0.3) is 0 Å². The Morgan fingerprint density at radius 3 is 2.37 bits per heavy atom. The summed E-state index contributed by atoms with van der Waals surface area (Å²) in [5.74, 6) is 1.58. The molecule has 0 radical (unpaired) electrons. The molecule has 13 nitrogen and oxygen atoms in total. The Bertz CT molecular complexity index is 1460. The minimum atomic E-state index is -0.490. The third kappa shape index (κ3) is 4.65. The maximum atomic E-state index is 11.8. The highest BCUT2D eigenvalue weighted by Crippen LogP contribution is 2.43. The number of anilines is 3. The molecule has 1 atom stereocenters. The van der Waals surface area contributed by atoms with E-state index in [9.17, 15) is 10.1 Å². The van der Waals surface area contributed by atoms with E-state index in [-0.39, 0.29) is 17.6 Å². The molecule has 0 saturated carbocycles. The minimum absolute atomic E-state index is 0.0969. The van der Waals surface area contributed by atoms with Crippen molar-refractivity contribution in [2.75, 3.05) is 37.7 Å². The predicted molar refractivity (Wildman–Crippen MR) is 144 cm³/mol. The van der Waals surface area contributed by atoms with Gasteiger partial charge < -0.3 is 40.7 Å². The molecule has 0 saturated heterocycles. The molecule has 4 N–H and O–H groups in total. The van der Waals surface area contributed by atoms with Crippen molar-refractivity contribution >= 4 is 34.2 Å². The Balaban J connectivity index is 1.93. The lowest BCUT2D eigenvalue weighted by Crippen LogP contribution is -2.32.